The quantitative estimate of drug-likeness (QED) is 0.386. The number of nitrogens with one attached hydrogen (secondary N) is 1. The molecule has 0 saturated carbocycles. The van der Waals surface area contributed by atoms with Gasteiger partial charge >= 0.3 is 0 Å². The topological polar surface area (TPSA) is 73.0 Å². The molecule has 6 rings (SSSR count). The van der Waals surface area contributed by atoms with Crippen LogP contribution in [0.5, 0.6) is 0 Å². The summed E-state index contributed by atoms with van der Waals surface area (Å²) in [6.07, 6.45) is 2.06. The molecule has 5 aromatic rings. The first kappa shape index (κ1) is 22.3. The van der Waals surface area contributed by atoms with Crippen molar-refractivity contribution in [2.45, 2.75) is 6.92 Å². The van der Waals surface area contributed by atoms with Crippen molar-refractivity contribution >= 4 is 28.4 Å². The Morgan fingerprint density at radius 2 is 1.67 bits per heavy atom. The van der Waals surface area contributed by atoms with E-state index < -0.39 is 0 Å². The number of ether oxygens (including phenoxy) is 1. The van der Waals surface area contributed by atoms with E-state index in [9.17, 15) is 0 Å². The lowest BCUT2D eigenvalue weighted by Crippen LogP contribution is -2.37. The fourth-order valence-corrected chi connectivity index (χ4v) is 4.78. The van der Waals surface area contributed by atoms with Crippen molar-refractivity contribution in [1.82, 2.24) is 24.3 Å². The Morgan fingerprint density at radius 3 is 2.42 bits per heavy atom. The van der Waals surface area contributed by atoms with Crippen molar-refractivity contribution in [3.8, 4) is 22.5 Å². The van der Waals surface area contributed by atoms with E-state index in [4.69, 9.17) is 14.7 Å². The average Bonchev–Trinajstić information content (AvgIpc) is 3.46. The average molecular weight is 480 g/mol. The highest BCUT2D eigenvalue weighted by atomic mass is 16.5. The molecule has 0 radical (unpaired) electrons. The van der Waals surface area contributed by atoms with Gasteiger partial charge in [0.15, 0.2) is 0 Å². The summed E-state index contributed by atoms with van der Waals surface area (Å²) in [5.74, 6) is 1.47. The third kappa shape index (κ3) is 4.20. The van der Waals surface area contributed by atoms with E-state index in [1.165, 1.54) is 11.3 Å². The second kappa shape index (κ2) is 9.13. The summed E-state index contributed by atoms with van der Waals surface area (Å²) in [5, 5.41) is 9.22. The molecular weight excluding hydrogens is 450 g/mol. The Labute approximate surface area is 210 Å². The first-order chi connectivity index (χ1) is 17.5. The van der Waals surface area contributed by atoms with E-state index in [0.717, 1.165) is 52.4 Å². The lowest BCUT2D eigenvalue weighted by atomic mass is 10.1. The zero-order valence-electron chi connectivity index (χ0n) is 20.8. The normalized spacial score (nSPS) is 13.9. The summed E-state index contributed by atoms with van der Waals surface area (Å²) in [7, 11) is 4.03. The first-order valence-electron chi connectivity index (χ1n) is 12.2. The molecule has 8 nitrogen and oxygen atoms in total. The van der Waals surface area contributed by atoms with E-state index in [0.29, 0.717) is 19.2 Å². The highest BCUT2D eigenvalue weighted by molar-refractivity contribution is 5.86. The van der Waals surface area contributed by atoms with Gasteiger partial charge in [0.05, 0.1) is 30.1 Å². The third-order valence-corrected chi connectivity index (χ3v) is 6.74. The standard InChI is InChI=1S/C28H29N7O/c1-19-23-11-8-21(17-26(23)34(3)32-19)24-18-27(31-28(30-24)35-13-15-36-16-14-35)29-22-9-6-20(7-10-22)25-5-4-12-33(25)2/h4-12,17-18H,13-16H2,1-3H3,(H,29,30,31). The molecule has 0 spiro atoms. The molecule has 8 heteroatoms. The van der Waals surface area contributed by atoms with Crippen LogP contribution in [0.2, 0.25) is 0 Å². The third-order valence-electron chi connectivity index (χ3n) is 6.74. The fourth-order valence-electron chi connectivity index (χ4n) is 4.78. The lowest BCUT2D eigenvalue weighted by Gasteiger charge is -2.27. The van der Waals surface area contributed by atoms with Gasteiger partial charge < -0.3 is 19.5 Å². The van der Waals surface area contributed by atoms with Crippen LogP contribution < -0.4 is 10.2 Å². The second-order valence-electron chi connectivity index (χ2n) is 9.19. The molecule has 1 aliphatic heterocycles. The lowest BCUT2D eigenvalue weighted by molar-refractivity contribution is 0.122. The molecule has 1 fully saturated rings. The number of morpholine rings is 1. The van der Waals surface area contributed by atoms with E-state index in [-0.39, 0.29) is 0 Å². The van der Waals surface area contributed by atoms with E-state index >= 15 is 0 Å². The minimum absolute atomic E-state index is 0.678. The minimum atomic E-state index is 0.678. The molecule has 4 heterocycles. The van der Waals surface area contributed by atoms with Gasteiger partial charge in [0.25, 0.3) is 0 Å². The van der Waals surface area contributed by atoms with Crippen molar-refractivity contribution in [1.29, 1.82) is 0 Å². The van der Waals surface area contributed by atoms with Crippen molar-refractivity contribution in [2.75, 3.05) is 36.5 Å². The largest absolute Gasteiger partial charge is 0.378 e. The zero-order chi connectivity index (χ0) is 24.6. The predicted molar refractivity (Wildman–Crippen MR) is 144 cm³/mol. The zero-order valence-corrected chi connectivity index (χ0v) is 20.8. The van der Waals surface area contributed by atoms with Crippen molar-refractivity contribution in [3.63, 3.8) is 0 Å². The van der Waals surface area contributed by atoms with Crippen LogP contribution in [0.4, 0.5) is 17.5 Å². The maximum Gasteiger partial charge on any atom is 0.228 e. The molecule has 1 aliphatic rings. The van der Waals surface area contributed by atoms with Crippen molar-refractivity contribution < 1.29 is 4.74 Å². The SMILES string of the molecule is Cc1nn(C)c2cc(-c3cc(Nc4ccc(-c5cccn5C)cc4)nc(N4CCOCC4)n3)ccc12. The van der Waals surface area contributed by atoms with E-state index in [1.54, 1.807) is 0 Å². The van der Waals surface area contributed by atoms with Crippen LogP contribution in [0, 0.1) is 6.92 Å². The van der Waals surface area contributed by atoms with E-state index in [1.807, 2.05) is 24.7 Å². The summed E-state index contributed by atoms with van der Waals surface area (Å²) < 4.78 is 9.59. The van der Waals surface area contributed by atoms with Gasteiger partial charge in [0.2, 0.25) is 5.95 Å². The van der Waals surface area contributed by atoms with Gasteiger partial charge in [0, 0.05) is 61.8 Å². The molecule has 1 saturated heterocycles. The maximum absolute atomic E-state index is 5.55. The summed E-state index contributed by atoms with van der Waals surface area (Å²) in [6.45, 7) is 4.94. The molecule has 0 unspecified atom stereocenters. The Bertz CT molecular complexity index is 1530. The predicted octanol–water partition coefficient (Wildman–Crippen LogP) is 4.92. The second-order valence-corrected chi connectivity index (χ2v) is 9.19. The molecule has 0 aliphatic carbocycles. The van der Waals surface area contributed by atoms with Gasteiger partial charge in [-0.25, -0.2) is 4.98 Å². The van der Waals surface area contributed by atoms with Crippen LogP contribution in [0.25, 0.3) is 33.4 Å². The van der Waals surface area contributed by atoms with Crippen LogP contribution in [-0.2, 0) is 18.8 Å². The molecule has 182 valence electrons. The summed E-state index contributed by atoms with van der Waals surface area (Å²) in [4.78, 5) is 12.0. The molecule has 1 N–H and O–H groups in total. The Balaban J connectivity index is 1.37. The van der Waals surface area contributed by atoms with Crippen LogP contribution in [-0.4, -0.2) is 50.6 Å². The molecule has 0 atom stereocenters. The van der Waals surface area contributed by atoms with Gasteiger partial charge in [0.1, 0.15) is 5.82 Å². The van der Waals surface area contributed by atoms with Gasteiger partial charge in [-0.2, -0.15) is 10.1 Å². The number of aromatic nitrogens is 5. The molecule has 3 aromatic heterocycles. The number of nitrogens with zero attached hydrogens (tertiary/aromatic N) is 6. The van der Waals surface area contributed by atoms with Gasteiger partial charge in [-0.3, -0.25) is 4.68 Å². The Hall–Kier alpha value is -4.17. The van der Waals surface area contributed by atoms with Crippen LogP contribution in [0.3, 0.4) is 0 Å². The smallest absolute Gasteiger partial charge is 0.228 e. The summed E-state index contributed by atoms with van der Waals surface area (Å²) >= 11 is 0. The fraction of sp³-hybridized carbons (Fsp3) is 0.250. The van der Waals surface area contributed by atoms with Crippen LogP contribution >= 0.6 is 0 Å². The number of hydrogen-bond acceptors (Lipinski definition) is 6. The Kier molecular flexibility index (Phi) is 5.65. The number of anilines is 3. The molecule has 36 heavy (non-hydrogen) atoms. The van der Waals surface area contributed by atoms with Crippen molar-refractivity contribution in [3.05, 3.63) is 72.6 Å². The number of rotatable bonds is 5. The maximum atomic E-state index is 5.55. The van der Waals surface area contributed by atoms with Gasteiger partial charge in [-0.15, -0.1) is 0 Å². The van der Waals surface area contributed by atoms with Gasteiger partial charge in [-0.1, -0.05) is 24.3 Å². The molecule has 0 bridgehead atoms. The number of fused-ring (bicyclic) bond motifs is 1. The number of hydrogen-bond donors (Lipinski definition) is 1. The highest BCUT2D eigenvalue weighted by Crippen LogP contribution is 2.29. The Morgan fingerprint density at radius 1 is 0.889 bits per heavy atom. The summed E-state index contributed by atoms with van der Waals surface area (Å²) in [6, 6.07) is 21.0. The number of benzene rings is 2. The number of aryl methyl sites for hydroxylation is 3. The highest BCUT2D eigenvalue weighted by Gasteiger charge is 2.17. The van der Waals surface area contributed by atoms with Crippen molar-refractivity contribution in [2.24, 2.45) is 14.1 Å². The first-order valence-corrected chi connectivity index (χ1v) is 12.2. The van der Waals surface area contributed by atoms with Gasteiger partial charge in [-0.05, 0) is 42.8 Å². The van der Waals surface area contributed by atoms with E-state index in [2.05, 4.69) is 87.7 Å². The molecule has 0 amide bonds. The summed E-state index contributed by atoms with van der Waals surface area (Å²) in [5.41, 5.74) is 7.34. The van der Waals surface area contributed by atoms with Crippen LogP contribution in [0.1, 0.15) is 5.69 Å². The minimum Gasteiger partial charge on any atom is -0.378 e. The molecular formula is C28H29N7O. The molecule has 2 aromatic carbocycles. The monoisotopic (exact) mass is 479 g/mol. The van der Waals surface area contributed by atoms with Crippen LogP contribution in [0.15, 0.2) is 66.9 Å².